The van der Waals surface area contributed by atoms with Crippen LogP contribution in [0.5, 0.6) is 0 Å². The Labute approximate surface area is 100 Å². The standard InChI is InChI=1S/C10H15Cl2N3/c1-7(4-13)6-15(2)10-9(12)3-8(11)5-14-10/h3,5,7H,4,6,13H2,1-2H3. The lowest BCUT2D eigenvalue weighted by Crippen LogP contribution is -2.28. The van der Waals surface area contributed by atoms with Crippen molar-refractivity contribution in [2.45, 2.75) is 6.92 Å². The fraction of sp³-hybridized carbons (Fsp3) is 0.500. The molecule has 0 aliphatic carbocycles. The third kappa shape index (κ3) is 3.52. The molecule has 0 radical (unpaired) electrons. The summed E-state index contributed by atoms with van der Waals surface area (Å²) in [7, 11) is 1.94. The van der Waals surface area contributed by atoms with Crippen molar-refractivity contribution in [3.05, 3.63) is 22.3 Å². The number of nitrogens with two attached hydrogens (primary N) is 1. The molecular formula is C10H15Cl2N3. The van der Waals surface area contributed by atoms with Crippen LogP contribution in [0.2, 0.25) is 10.0 Å². The van der Waals surface area contributed by atoms with Gasteiger partial charge in [0.25, 0.3) is 0 Å². The van der Waals surface area contributed by atoms with Gasteiger partial charge in [-0.2, -0.15) is 0 Å². The minimum Gasteiger partial charge on any atom is -0.358 e. The number of halogens is 2. The van der Waals surface area contributed by atoms with Gasteiger partial charge in [0.2, 0.25) is 0 Å². The van der Waals surface area contributed by atoms with E-state index >= 15 is 0 Å². The van der Waals surface area contributed by atoms with Crippen LogP contribution in [0.1, 0.15) is 6.92 Å². The molecule has 1 heterocycles. The van der Waals surface area contributed by atoms with Crippen LogP contribution in [0.25, 0.3) is 0 Å². The largest absolute Gasteiger partial charge is 0.358 e. The number of aromatic nitrogens is 1. The maximum absolute atomic E-state index is 6.03. The Kier molecular flexibility index (Phi) is 4.64. The van der Waals surface area contributed by atoms with E-state index in [0.29, 0.717) is 22.5 Å². The van der Waals surface area contributed by atoms with Crippen molar-refractivity contribution >= 4 is 29.0 Å². The van der Waals surface area contributed by atoms with E-state index in [1.165, 1.54) is 0 Å². The van der Waals surface area contributed by atoms with Gasteiger partial charge in [-0.05, 0) is 18.5 Å². The van der Waals surface area contributed by atoms with Crippen molar-refractivity contribution in [3.63, 3.8) is 0 Å². The third-order valence-electron chi connectivity index (χ3n) is 2.14. The van der Waals surface area contributed by atoms with E-state index in [2.05, 4.69) is 11.9 Å². The van der Waals surface area contributed by atoms with Gasteiger partial charge in [0.15, 0.2) is 0 Å². The fourth-order valence-electron chi connectivity index (χ4n) is 1.32. The summed E-state index contributed by atoms with van der Waals surface area (Å²) < 4.78 is 0. The molecule has 2 N–H and O–H groups in total. The Hall–Kier alpha value is -0.510. The Balaban J connectivity index is 2.77. The first-order chi connectivity index (χ1) is 7.04. The number of nitrogens with zero attached hydrogens (tertiary/aromatic N) is 2. The topological polar surface area (TPSA) is 42.1 Å². The Bertz CT molecular complexity index is 330. The quantitative estimate of drug-likeness (QED) is 0.889. The molecule has 5 heteroatoms. The Morgan fingerprint density at radius 2 is 2.20 bits per heavy atom. The van der Waals surface area contributed by atoms with Crippen LogP contribution in [-0.4, -0.2) is 25.1 Å². The second kappa shape index (κ2) is 5.54. The highest BCUT2D eigenvalue weighted by atomic mass is 35.5. The second-order valence-corrected chi connectivity index (χ2v) is 4.52. The van der Waals surface area contributed by atoms with E-state index in [1.54, 1.807) is 12.3 Å². The van der Waals surface area contributed by atoms with Crippen molar-refractivity contribution in [2.75, 3.05) is 25.0 Å². The van der Waals surface area contributed by atoms with Gasteiger partial charge in [-0.25, -0.2) is 4.98 Å². The lowest BCUT2D eigenvalue weighted by molar-refractivity contribution is 0.587. The summed E-state index contributed by atoms with van der Waals surface area (Å²) in [5, 5.41) is 1.11. The average Bonchev–Trinajstić information content (AvgIpc) is 2.17. The third-order valence-corrected chi connectivity index (χ3v) is 2.62. The second-order valence-electron chi connectivity index (χ2n) is 3.68. The molecule has 1 aromatic heterocycles. The van der Waals surface area contributed by atoms with Crippen molar-refractivity contribution in [1.29, 1.82) is 0 Å². The van der Waals surface area contributed by atoms with E-state index in [9.17, 15) is 0 Å². The summed E-state index contributed by atoms with van der Waals surface area (Å²) in [6.07, 6.45) is 1.59. The number of pyridine rings is 1. The maximum Gasteiger partial charge on any atom is 0.147 e. The van der Waals surface area contributed by atoms with Gasteiger partial charge < -0.3 is 10.6 Å². The first-order valence-corrected chi connectivity index (χ1v) is 5.52. The molecule has 0 aliphatic rings. The van der Waals surface area contributed by atoms with Crippen LogP contribution in [0.3, 0.4) is 0 Å². The Morgan fingerprint density at radius 1 is 1.53 bits per heavy atom. The van der Waals surface area contributed by atoms with Gasteiger partial charge in [0.1, 0.15) is 5.82 Å². The van der Waals surface area contributed by atoms with Crippen LogP contribution in [0, 0.1) is 5.92 Å². The van der Waals surface area contributed by atoms with Gasteiger partial charge in [-0.3, -0.25) is 0 Å². The van der Waals surface area contributed by atoms with Crippen LogP contribution < -0.4 is 10.6 Å². The summed E-state index contributed by atoms with van der Waals surface area (Å²) in [4.78, 5) is 6.17. The number of rotatable bonds is 4. The highest BCUT2D eigenvalue weighted by Crippen LogP contribution is 2.25. The fourth-order valence-corrected chi connectivity index (χ4v) is 1.84. The van der Waals surface area contributed by atoms with Crippen molar-refractivity contribution in [2.24, 2.45) is 11.7 Å². The van der Waals surface area contributed by atoms with E-state index in [1.807, 2.05) is 11.9 Å². The highest BCUT2D eigenvalue weighted by molar-refractivity contribution is 6.35. The van der Waals surface area contributed by atoms with Crippen LogP contribution in [-0.2, 0) is 0 Å². The van der Waals surface area contributed by atoms with Crippen molar-refractivity contribution < 1.29 is 0 Å². The molecule has 0 saturated carbocycles. The van der Waals surface area contributed by atoms with E-state index in [-0.39, 0.29) is 0 Å². The van der Waals surface area contributed by atoms with Crippen LogP contribution >= 0.6 is 23.2 Å². The molecule has 0 saturated heterocycles. The van der Waals surface area contributed by atoms with E-state index < -0.39 is 0 Å². The summed E-state index contributed by atoms with van der Waals surface area (Å²) in [5.74, 6) is 1.14. The summed E-state index contributed by atoms with van der Waals surface area (Å²) in [6.45, 7) is 3.56. The summed E-state index contributed by atoms with van der Waals surface area (Å²) in [6, 6.07) is 1.69. The molecule has 84 valence electrons. The molecule has 1 aromatic rings. The molecule has 1 unspecified atom stereocenters. The van der Waals surface area contributed by atoms with Gasteiger partial charge in [-0.1, -0.05) is 30.1 Å². The maximum atomic E-state index is 6.03. The normalized spacial score (nSPS) is 12.6. The highest BCUT2D eigenvalue weighted by Gasteiger charge is 2.10. The smallest absolute Gasteiger partial charge is 0.147 e. The summed E-state index contributed by atoms with van der Waals surface area (Å²) in [5.41, 5.74) is 5.56. The lowest BCUT2D eigenvalue weighted by atomic mass is 10.2. The molecule has 0 spiro atoms. The molecule has 0 aromatic carbocycles. The van der Waals surface area contributed by atoms with Crippen molar-refractivity contribution in [1.82, 2.24) is 4.98 Å². The summed E-state index contributed by atoms with van der Waals surface area (Å²) >= 11 is 11.8. The molecule has 0 bridgehead atoms. The predicted molar refractivity (Wildman–Crippen MR) is 65.7 cm³/mol. The van der Waals surface area contributed by atoms with Gasteiger partial charge in [0, 0.05) is 19.8 Å². The SMILES string of the molecule is CC(CN)CN(C)c1ncc(Cl)cc1Cl. The zero-order valence-corrected chi connectivity index (χ0v) is 10.4. The number of hydrogen-bond acceptors (Lipinski definition) is 3. The van der Waals surface area contributed by atoms with Crippen LogP contribution in [0.15, 0.2) is 12.3 Å². The minimum atomic E-state index is 0.406. The average molecular weight is 248 g/mol. The lowest BCUT2D eigenvalue weighted by Gasteiger charge is -2.22. The molecular weight excluding hydrogens is 233 g/mol. The molecule has 1 atom stereocenters. The van der Waals surface area contributed by atoms with E-state index in [4.69, 9.17) is 28.9 Å². The zero-order valence-electron chi connectivity index (χ0n) is 8.87. The Morgan fingerprint density at radius 3 is 2.73 bits per heavy atom. The molecule has 3 nitrogen and oxygen atoms in total. The number of anilines is 1. The number of hydrogen-bond donors (Lipinski definition) is 1. The molecule has 0 fully saturated rings. The molecule has 0 aliphatic heterocycles. The van der Waals surface area contributed by atoms with Gasteiger partial charge in [0.05, 0.1) is 10.0 Å². The molecule has 1 rings (SSSR count). The van der Waals surface area contributed by atoms with E-state index in [0.717, 1.165) is 12.4 Å². The van der Waals surface area contributed by atoms with Crippen LogP contribution in [0.4, 0.5) is 5.82 Å². The monoisotopic (exact) mass is 247 g/mol. The molecule has 0 amide bonds. The first kappa shape index (κ1) is 12.6. The van der Waals surface area contributed by atoms with Gasteiger partial charge in [-0.15, -0.1) is 0 Å². The molecule has 15 heavy (non-hydrogen) atoms. The zero-order chi connectivity index (χ0) is 11.4. The first-order valence-electron chi connectivity index (χ1n) is 4.76. The van der Waals surface area contributed by atoms with Crippen molar-refractivity contribution in [3.8, 4) is 0 Å². The van der Waals surface area contributed by atoms with Gasteiger partial charge >= 0.3 is 0 Å². The predicted octanol–water partition coefficient (Wildman–Crippen LogP) is 2.42. The minimum absolute atomic E-state index is 0.406.